The van der Waals surface area contributed by atoms with Crippen molar-refractivity contribution in [2.75, 3.05) is 0 Å². The van der Waals surface area contributed by atoms with Crippen LogP contribution in [0.4, 0.5) is 5.69 Å². The Bertz CT molecular complexity index is 560. The fourth-order valence-electron chi connectivity index (χ4n) is 4.07. The van der Waals surface area contributed by atoms with Gasteiger partial charge in [-0.3, -0.25) is 4.99 Å². The molecule has 0 saturated heterocycles. The van der Waals surface area contributed by atoms with Gasteiger partial charge in [-0.2, -0.15) is 0 Å². The lowest BCUT2D eigenvalue weighted by Gasteiger charge is -2.34. The number of benzene rings is 1. The van der Waals surface area contributed by atoms with Crippen LogP contribution in [0.15, 0.2) is 35.3 Å². The first-order chi connectivity index (χ1) is 11.3. The zero-order valence-corrected chi connectivity index (χ0v) is 16.4. The van der Waals surface area contributed by atoms with Crippen molar-refractivity contribution in [1.29, 1.82) is 0 Å². The molecule has 0 unspecified atom stereocenters. The Balaban J connectivity index is 2.43. The maximum absolute atomic E-state index is 5.13. The van der Waals surface area contributed by atoms with Gasteiger partial charge in [-0.1, -0.05) is 70.7 Å². The number of hydrogen-bond donors (Lipinski definition) is 0. The van der Waals surface area contributed by atoms with Crippen LogP contribution in [0.5, 0.6) is 0 Å². The van der Waals surface area contributed by atoms with Gasteiger partial charge < -0.3 is 0 Å². The molecule has 0 amide bonds. The van der Waals surface area contributed by atoms with Crippen LogP contribution in [0.25, 0.3) is 0 Å². The van der Waals surface area contributed by atoms with Gasteiger partial charge in [0.05, 0.1) is 5.69 Å². The predicted molar refractivity (Wildman–Crippen MR) is 108 cm³/mol. The van der Waals surface area contributed by atoms with E-state index < -0.39 is 0 Å². The van der Waals surface area contributed by atoms with Crippen molar-refractivity contribution in [3.05, 3.63) is 41.5 Å². The lowest BCUT2D eigenvalue weighted by Crippen LogP contribution is -2.26. The molecule has 0 spiro atoms. The van der Waals surface area contributed by atoms with Crippen LogP contribution in [0, 0.1) is 5.41 Å². The molecule has 24 heavy (non-hydrogen) atoms. The van der Waals surface area contributed by atoms with Crippen LogP contribution in [0.1, 0.15) is 96.1 Å². The lowest BCUT2D eigenvalue weighted by molar-refractivity contribution is 0.289. The third kappa shape index (κ3) is 4.59. The highest BCUT2D eigenvalue weighted by Gasteiger charge is 2.30. The van der Waals surface area contributed by atoms with E-state index in [4.69, 9.17) is 4.99 Å². The summed E-state index contributed by atoms with van der Waals surface area (Å²) in [7, 11) is 0. The van der Waals surface area contributed by atoms with E-state index in [2.05, 4.69) is 65.6 Å². The predicted octanol–water partition coefficient (Wildman–Crippen LogP) is 7.55. The molecule has 0 aliphatic heterocycles. The van der Waals surface area contributed by atoms with Crippen LogP contribution in [-0.4, -0.2) is 6.21 Å². The van der Waals surface area contributed by atoms with Gasteiger partial charge in [0.15, 0.2) is 0 Å². The van der Waals surface area contributed by atoms with Gasteiger partial charge in [-0.05, 0) is 49.1 Å². The van der Waals surface area contributed by atoms with E-state index in [9.17, 15) is 0 Å². The minimum atomic E-state index is 0.225. The molecule has 1 aliphatic rings. The average molecular weight is 326 g/mol. The van der Waals surface area contributed by atoms with Gasteiger partial charge in [0.2, 0.25) is 0 Å². The Labute approximate surface area is 149 Å². The topological polar surface area (TPSA) is 12.4 Å². The first-order valence-electron chi connectivity index (χ1n) is 9.67. The molecule has 1 aliphatic carbocycles. The summed E-state index contributed by atoms with van der Waals surface area (Å²) in [5.41, 5.74) is 5.47. The SMILES string of the molecule is C=C(C)CC1(/C=N/c2c(C(C)C)cccc2C(C)C)CCCCC1. The average Bonchev–Trinajstić information content (AvgIpc) is 2.52. The Morgan fingerprint density at radius 2 is 1.62 bits per heavy atom. The maximum Gasteiger partial charge on any atom is 0.0695 e. The van der Waals surface area contributed by atoms with Gasteiger partial charge in [0.1, 0.15) is 0 Å². The van der Waals surface area contributed by atoms with Crippen molar-refractivity contribution >= 4 is 11.9 Å². The van der Waals surface area contributed by atoms with Crippen molar-refractivity contribution in [2.24, 2.45) is 10.4 Å². The second-order valence-electron chi connectivity index (χ2n) is 8.41. The van der Waals surface area contributed by atoms with Gasteiger partial charge in [0.25, 0.3) is 0 Å². The maximum atomic E-state index is 5.13. The largest absolute Gasteiger partial charge is 0.260 e. The molecule has 1 nitrogen and oxygen atoms in total. The number of para-hydroxylation sites is 1. The summed E-state index contributed by atoms with van der Waals surface area (Å²) in [5.74, 6) is 0.999. The number of aliphatic imine (C=N–C) groups is 1. The molecule has 0 heterocycles. The molecular weight excluding hydrogens is 290 g/mol. The quantitative estimate of drug-likeness (QED) is 0.378. The van der Waals surface area contributed by atoms with E-state index in [0.29, 0.717) is 11.8 Å². The highest BCUT2D eigenvalue weighted by Crippen LogP contribution is 2.41. The van der Waals surface area contributed by atoms with Crippen LogP contribution in [0.2, 0.25) is 0 Å². The van der Waals surface area contributed by atoms with E-state index in [0.717, 1.165) is 6.42 Å². The van der Waals surface area contributed by atoms with Gasteiger partial charge in [-0.15, -0.1) is 6.58 Å². The standard InChI is InChI=1S/C23H35N/c1-17(2)15-23(13-8-7-9-14-23)16-24-22-20(18(3)4)11-10-12-21(22)19(5)6/h10-12,16,18-19H,1,7-9,13-15H2,2-6H3/b24-16+. The fourth-order valence-corrected chi connectivity index (χ4v) is 4.07. The summed E-state index contributed by atoms with van der Waals surface area (Å²) in [6.07, 6.45) is 9.90. The molecule has 1 aromatic carbocycles. The molecule has 1 aromatic rings. The number of hydrogen-bond acceptors (Lipinski definition) is 1. The van der Waals surface area contributed by atoms with Crippen molar-refractivity contribution < 1.29 is 0 Å². The van der Waals surface area contributed by atoms with Crippen LogP contribution >= 0.6 is 0 Å². The monoisotopic (exact) mass is 325 g/mol. The zero-order chi connectivity index (χ0) is 17.7. The summed E-state index contributed by atoms with van der Waals surface area (Å²) in [4.78, 5) is 5.13. The Hall–Kier alpha value is -1.37. The summed E-state index contributed by atoms with van der Waals surface area (Å²) in [5, 5.41) is 0. The zero-order valence-electron chi connectivity index (χ0n) is 16.4. The molecule has 132 valence electrons. The van der Waals surface area contributed by atoms with E-state index in [1.54, 1.807) is 0 Å². The summed E-state index contributed by atoms with van der Waals surface area (Å²) in [6.45, 7) is 15.4. The molecule has 0 N–H and O–H groups in total. The van der Waals surface area contributed by atoms with E-state index in [-0.39, 0.29) is 5.41 Å². The second kappa shape index (κ2) is 8.14. The molecule has 1 fully saturated rings. The van der Waals surface area contributed by atoms with Crippen molar-refractivity contribution in [3.63, 3.8) is 0 Å². The number of nitrogens with zero attached hydrogens (tertiary/aromatic N) is 1. The van der Waals surface area contributed by atoms with Crippen LogP contribution in [0.3, 0.4) is 0 Å². The molecular formula is C23H35N. The molecule has 2 rings (SSSR count). The third-order valence-electron chi connectivity index (χ3n) is 5.31. The molecule has 0 bridgehead atoms. The first kappa shape index (κ1) is 19.0. The molecule has 0 atom stereocenters. The normalized spacial score (nSPS) is 17.8. The molecule has 0 radical (unpaired) electrons. The molecule has 1 heteroatoms. The Morgan fingerprint density at radius 3 is 2.08 bits per heavy atom. The van der Waals surface area contributed by atoms with Crippen LogP contribution in [-0.2, 0) is 0 Å². The summed E-state index contributed by atoms with van der Waals surface area (Å²) < 4.78 is 0. The number of allylic oxidation sites excluding steroid dienone is 1. The Morgan fingerprint density at radius 1 is 1.08 bits per heavy atom. The second-order valence-corrected chi connectivity index (χ2v) is 8.41. The highest BCUT2D eigenvalue weighted by molar-refractivity contribution is 5.73. The van der Waals surface area contributed by atoms with E-state index >= 15 is 0 Å². The summed E-state index contributed by atoms with van der Waals surface area (Å²) >= 11 is 0. The summed E-state index contributed by atoms with van der Waals surface area (Å²) in [6, 6.07) is 6.68. The molecule has 0 aromatic heterocycles. The van der Waals surface area contributed by atoms with Crippen LogP contribution < -0.4 is 0 Å². The minimum Gasteiger partial charge on any atom is -0.260 e. The van der Waals surface area contributed by atoms with Gasteiger partial charge in [0, 0.05) is 11.6 Å². The third-order valence-corrected chi connectivity index (χ3v) is 5.31. The van der Waals surface area contributed by atoms with Gasteiger partial charge in [-0.25, -0.2) is 0 Å². The van der Waals surface area contributed by atoms with Crippen molar-refractivity contribution in [2.45, 2.75) is 85.0 Å². The highest BCUT2D eigenvalue weighted by atomic mass is 14.7. The van der Waals surface area contributed by atoms with Gasteiger partial charge >= 0.3 is 0 Å². The number of rotatable bonds is 6. The first-order valence-corrected chi connectivity index (χ1v) is 9.67. The van der Waals surface area contributed by atoms with Crippen molar-refractivity contribution in [1.82, 2.24) is 0 Å². The minimum absolute atomic E-state index is 0.225. The smallest absolute Gasteiger partial charge is 0.0695 e. The molecule has 1 saturated carbocycles. The van der Waals surface area contributed by atoms with E-state index in [1.807, 2.05) is 0 Å². The van der Waals surface area contributed by atoms with E-state index in [1.165, 1.54) is 54.5 Å². The van der Waals surface area contributed by atoms with Crippen molar-refractivity contribution in [3.8, 4) is 0 Å². The Kier molecular flexibility index (Phi) is 6.43. The lowest BCUT2D eigenvalue weighted by atomic mass is 9.71. The fraction of sp³-hybridized carbons (Fsp3) is 0.609.